The second kappa shape index (κ2) is 6.99. The van der Waals surface area contributed by atoms with E-state index >= 15 is 0 Å². The molecule has 0 radical (unpaired) electrons. The molecule has 1 unspecified atom stereocenters. The van der Waals surface area contributed by atoms with Crippen LogP contribution in [-0.2, 0) is 19.1 Å². The second-order valence-electron chi connectivity index (χ2n) is 7.78. The number of carbonyl (C=O) groups excluding carboxylic acids is 3. The van der Waals surface area contributed by atoms with E-state index in [2.05, 4.69) is 10.6 Å². The Bertz CT molecular complexity index is 504. The maximum atomic E-state index is 12.4. The molecule has 1 atom stereocenters. The number of esters is 1. The van der Waals surface area contributed by atoms with Gasteiger partial charge in [-0.2, -0.15) is 0 Å². The Morgan fingerprint density at radius 2 is 1.67 bits per heavy atom. The van der Waals surface area contributed by atoms with Crippen LogP contribution < -0.4 is 10.6 Å². The molecule has 24 heavy (non-hydrogen) atoms. The first kappa shape index (κ1) is 20.3. The van der Waals surface area contributed by atoms with Crippen LogP contribution in [0.4, 0.5) is 4.79 Å². The minimum absolute atomic E-state index is 0.295. The van der Waals surface area contributed by atoms with Crippen LogP contribution in [0.15, 0.2) is 0 Å². The van der Waals surface area contributed by atoms with E-state index in [1.54, 1.807) is 48.5 Å². The predicted molar refractivity (Wildman–Crippen MR) is 89.4 cm³/mol. The molecule has 7 nitrogen and oxygen atoms in total. The van der Waals surface area contributed by atoms with Crippen molar-refractivity contribution in [3.8, 4) is 0 Å². The summed E-state index contributed by atoms with van der Waals surface area (Å²) in [6.07, 6.45) is 0.743. The van der Waals surface area contributed by atoms with Crippen LogP contribution in [0.3, 0.4) is 0 Å². The number of amides is 2. The summed E-state index contributed by atoms with van der Waals surface area (Å²) in [5.41, 5.74) is -2.09. The van der Waals surface area contributed by atoms with Crippen molar-refractivity contribution in [2.75, 3.05) is 6.61 Å². The number of hydrogen-bond acceptors (Lipinski definition) is 5. The Balaban J connectivity index is 2.66. The normalized spacial score (nSPS) is 17.5. The largest absolute Gasteiger partial charge is 0.466 e. The molecule has 138 valence electrons. The lowest BCUT2D eigenvalue weighted by Gasteiger charge is -2.34. The zero-order valence-electron chi connectivity index (χ0n) is 15.7. The molecule has 1 aliphatic rings. The number of hydrogen-bond donors (Lipinski definition) is 2. The first-order valence-corrected chi connectivity index (χ1v) is 8.33. The standard InChI is InChI=1S/C17H30N2O5/c1-8-23-13(21)16(6,7)17(9-10-17)19-12(20)11(2)18-14(22)24-15(3,4)5/h11H,8-10H2,1-7H3,(H,18,22)(H,19,20). The molecule has 2 N–H and O–H groups in total. The highest BCUT2D eigenvalue weighted by Crippen LogP contribution is 2.50. The number of carbonyl (C=O) groups is 3. The number of nitrogens with one attached hydrogen (secondary N) is 2. The lowest BCUT2D eigenvalue weighted by atomic mass is 9.81. The van der Waals surface area contributed by atoms with Crippen molar-refractivity contribution < 1.29 is 23.9 Å². The van der Waals surface area contributed by atoms with Gasteiger partial charge in [0, 0.05) is 0 Å². The molecule has 1 fully saturated rings. The van der Waals surface area contributed by atoms with E-state index in [9.17, 15) is 14.4 Å². The third kappa shape index (κ3) is 4.85. The summed E-state index contributed by atoms with van der Waals surface area (Å²) in [4.78, 5) is 36.3. The molecule has 0 aromatic heterocycles. The van der Waals surface area contributed by atoms with Gasteiger partial charge >= 0.3 is 12.1 Å². The lowest BCUT2D eigenvalue weighted by Crippen LogP contribution is -2.56. The quantitative estimate of drug-likeness (QED) is 0.721. The van der Waals surface area contributed by atoms with Crippen molar-refractivity contribution in [1.29, 1.82) is 0 Å². The van der Waals surface area contributed by atoms with Crippen molar-refractivity contribution in [2.45, 2.75) is 78.5 Å². The average Bonchev–Trinajstić information content (AvgIpc) is 3.17. The summed E-state index contributed by atoms with van der Waals surface area (Å²) in [6.45, 7) is 12.4. The van der Waals surface area contributed by atoms with Crippen LogP contribution in [0.2, 0.25) is 0 Å². The Morgan fingerprint density at radius 3 is 2.08 bits per heavy atom. The number of ether oxygens (including phenoxy) is 2. The van der Waals surface area contributed by atoms with E-state index in [-0.39, 0.29) is 11.9 Å². The molecule has 2 amide bonds. The van der Waals surface area contributed by atoms with Gasteiger partial charge in [0.15, 0.2) is 0 Å². The molecule has 1 saturated carbocycles. The maximum Gasteiger partial charge on any atom is 0.408 e. The molecule has 1 aliphatic carbocycles. The van der Waals surface area contributed by atoms with Crippen LogP contribution in [0.1, 0.15) is 61.3 Å². The van der Waals surface area contributed by atoms with Gasteiger partial charge in [-0.05, 0) is 61.3 Å². The van der Waals surface area contributed by atoms with E-state index in [4.69, 9.17) is 9.47 Å². The highest BCUT2D eigenvalue weighted by molar-refractivity contribution is 5.88. The average molecular weight is 342 g/mol. The minimum atomic E-state index is -0.829. The molecular weight excluding hydrogens is 312 g/mol. The fourth-order valence-electron chi connectivity index (χ4n) is 2.43. The summed E-state index contributed by atoms with van der Waals surface area (Å²) in [6, 6.07) is -0.768. The van der Waals surface area contributed by atoms with Crippen LogP contribution in [0.25, 0.3) is 0 Å². The zero-order valence-corrected chi connectivity index (χ0v) is 15.7. The molecule has 0 heterocycles. The molecule has 0 saturated heterocycles. The molecule has 0 aliphatic heterocycles. The van der Waals surface area contributed by atoms with Crippen molar-refractivity contribution in [2.24, 2.45) is 5.41 Å². The number of rotatable bonds is 6. The SMILES string of the molecule is CCOC(=O)C(C)(C)C1(NC(=O)C(C)NC(=O)OC(C)(C)C)CC1. The van der Waals surface area contributed by atoms with Gasteiger partial charge in [-0.1, -0.05) is 0 Å². The van der Waals surface area contributed by atoms with Crippen LogP contribution >= 0.6 is 0 Å². The first-order valence-electron chi connectivity index (χ1n) is 8.33. The molecule has 0 bridgehead atoms. The summed E-state index contributed by atoms with van der Waals surface area (Å²) < 4.78 is 10.3. The van der Waals surface area contributed by atoms with Gasteiger partial charge in [0.2, 0.25) is 5.91 Å². The third-order valence-electron chi connectivity index (χ3n) is 4.22. The first-order chi connectivity index (χ1) is 10.8. The maximum absolute atomic E-state index is 12.4. The van der Waals surface area contributed by atoms with Crippen molar-refractivity contribution in [3.63, 3.8) is 0 Å². The smallest absolute Gasteiger partial charge is 0.408 e. The monoisotopic (exact) mass is 342 g/mol. The Hall–Kier alpha value is -1.79. The van der Waals surface area contributed by atoms with Gasteiger partial charge in [0.25, 0.3) is 0 Å². The highest BCUT2D eigenvalue weighted by Gasteiger charge is 2.60. The molecular formula is C17H30N2O5. The molecule has 0 aromatic rings. The summed E-state index contributed by atoms with van der Waals surface area (Å²) in [5, 5.41) is 5.41. The van der Waals surface area contributed by atoms with Gasteiger partial charge in [-0.25, -0.2) is 4.79 Å². The van der Waals surface area contributed by atoms with E-state index < -0.39 is 28.7 Å². The lowest BCUT2D eigenvalue weighted by molar-refractivity contribution is -0.156. The van der Waals surface area contributed by atoms with Gasteiger partial charge < -0.3 is 20.1 Å². The third-order valence-corrected chi connectivity index (χ3v) is 4.22. The van der Waals surface area contributed by atoms with E-state index in [1.807, 2.05) is 0 Å². The van der Waals surface area contributed by atoms with Crippen molar-refractivity contribution in [3.05, 3.63) is 0 Å². The molecule has 0 spiro atoms. The van der Waals surface area contributed by atoms with Crippen LogP contribution in [-0.4, -0.2) is 41.8 Å². The fraction of sp³-hybridized carbons (Fsp3) is 0.824. The zero-order chi connectivity index (χ0) is 18.8. The summed E-state index contributed by atoms with van der Waals surface area (Å²) in [7, 11) is 0. The van der Waals surface area contributed by atoms with Gasteiger partial charge in [0.1, 0.15) is 11.6 Å². The van der Waals surface area contributed by atoms with Crippen LogP contribution in [0.5, 0.6) is 0 Å². The van der Waals surface area contributed by atoms with Crippen molar-refractivity contribution >= 4 is 18.0 Å². The summed E-state index contributed by atoms with van der Waals surface area (Å²) >= 11 is 0. The fourth-order valence-corrected chi connectivity index (χ4v) is 2.43. The molecule has 0 aromatic carbocycles. The predicted octanol–water partition coefficient (Wildman–Crippen LogP) is 2.14. The van der Waals surface area contributed by atoms with Crippen molar-refractivity contribution in [1.82, 2.24) is 10.6 Å². The molecule has 7 heteroatoms. The van der Waals surface area contributed by atoms with Gasteiger partial charge in [0.05, 0.1) is 17.6 Å². The van der Waals surface area contributed by atoms with Gasteiger partial charge in [-0.3, -0.25) is 9.59 Å². The Kier molecular flexibility index (Phi) is 5.90. The number of alkyl carbamates (subject to hydrolysis) is 1. The van der Waals surface area contributed by atoms with Gasteiger partial charge in [-0.15, -0.1) is 0 Å². The van der Waals surface area contributed by atoms with E-state index in [0.29, 0.717) is 19.4 Å². The van der Waals surface area contributed by atoms with Crippen LogP contribution in [0, 0.1) is 5.41 Å². The van der Waals surface area contributed by atoms with E-state index in [1.165, 1.54) is 0 Å². The molecule has 1 rings (SSSR count). The minimum Gasteiger partial charge on any atom is -0.466 e. The Labute approximate surface area is 143 Å². The highest BCUT2D eigenvalue weighted by atomic mass is 16.6. The van der Waals surface area contributed by atoms with E-state index in [0.717, 1.165) is 0 Å². The Morgan fingerprint density at radius 1 is 1.12 bits per heavy atom. The topological polar surface area (TPSA) is 93.7 Å². The summed E-state index contributed by atoms with van der Waals surface area (Å²) in [5.74, 6) is -0.689. The second-order valence-corrected chi connectivity index (χ2v) is 7.78.